The van der Waals surface area contributed by atoms with E-state index in [1.807, 2.05) is 25.7 Å². The molecule has 0 radical (unpaired) electrons. The van der Waals surface area contributed by atoms with Crippen molar-refractivity contribution in [2.75, 3.05) is 37.0 Å². The zero-order valence-corrected chi connectivity index (χ0v) is 21.9. The second-order valence-corrected chi connectivity index (χ2v) is 10.3. The maximum absolute atomic E-state index is 13.6. The summed E-state index contributed by atoms with van der Waals surface area (Å²) in [4.78, 5) is 27.0. The van der Waals surface area contributed by atoms with Crippen LogP contribution in [-0.2, 0) is 4.79 Å². The number of rotatable bonds is 7. The van der Waals surface area contributed by atoms with E-state index in [1.165, 1.54) is 12.1 Å². The SMILES string of the molecule is CCC[C@H](C)c1nc(N2CCN(C(=O)C(C)(C)CCl)CC2)c2c(C)nn(-c3ccc(F)cc3)c2n1. The summed E-state index contributed by atoms with van der Waals surface area (Å²) < 4.78 is 15.3. The summed E-state index contributed by atoms with van der Waals surface area (Å²) in [6, 6.07) is 6.28. The van der Waals surface area contributed by atoms with Gasteiger partial charge in [0.25, 0.3) is 0 Å². The van der Waals surface area contributed by atoms with Crippen LogP contribution in [-0.4, -0.2) is 62.6 Å². The van der Waals surface area contributed by atoms with Crippen LogP contribution >= 0.6 is 11.6 Å². The molecule has 0 unspecified atom stereocenters. The summed E-state index contributed by atoms with van der Waals surface area (Å²) in [5.74, 6) is 1.89. The fourth-order valence-corrected chi connectivity index (χ4v) is 4.67. The van der Waals surface area contributed by atoms with Crippen LogP contribution in [0.5, 0.6) is 0 Å². The highest BCUT2D eigenvalue weighted by molar-refractivity contribution is 6.19. The number of hydrogen-bond acceptors (Lipinski definition) is 5. The van der Waals surface area contributed by atoms with Crippen molar-refractivity contribution in [1.29, 1.82) is 0 Å². The van der Waals surface area contributed by atoms with Gasteiger partial charge in [-0.1, -0.05) is 20.3 Å². The summed E-state index contributed by atoms with van der Waals surface area (Å²) in [6.45, 7) is 12.6. The molecule has 0 saturated carbocycles. The Labute approximate surface area is 211 Å². The highest BCUT2D eigenvalue weighted by Crippen LogP contribution is 2.32. The van der Waals surface area contributed by atoms with Crippen molar-refractivity contribution in [2.45, 2.75) is 53.4 Å². The van der Waals surface area contributed by atoms with Crippen LogP contribution in [0, 0.1) is 18.2 Å². The van der Waals surface area contributed by atoms with E-state index in [9.17, 15) is 9.18 Å². The Balaban J connectivity index is 1.74. The van der Waals surface area contributed by atoms with Crippen molar-refractivity contribution in [1.82, 2.24) is 24.6 Å². The number of amides is 1. The minimum atomic E-state index is -0.582. The van der Waals surface area contributed by atoms with Crippen molar-refractivity contribution >= 4 is 34.4 Å². The van der Waals surface area contributed by atoms with Gasteiger partial charge in [0.15, 0.2) is 5.65 Å². The molecule has 3 heterocycles. The van der Waals surface area contributed by atoms with Crippen LogP contribution in [0.25, 0.3) is 16.7 Å². The number of aryl methyl sites for hydroxylation is 1. The lowest BCUT2D eigenvalue weighted by atomic mass is 9.94. The molecule has 0 N–H and O–H groups in total. The van der Waals surface area contributed by atoms with Crippen LogP contribution in [0.2, 0.25) is 0 Å². The molecule has 1 saturated heterocycles. The second-order valence-electron chi connectivity index (χ2n) is 10.1. The summed E-state index contributed by atoms with van der Waals surface area (Å²) in [5, 5.41) is 5.66. The number of alkyl halides is 1. The van der Waals surface area contributed by atoms with Gasteiger partial charge >= 0.3 is 0 Å². The molecule has 0 aliphatic carbocycles. The van der Waals surface area contributed by atoms with Crippen molar-refractivity contribution in [3.8, 4) is 5.69 Å². The average molecular weight is 501 g/mol. The van der Waals surface area contributed by atoms with E-state index in [2.05, 4.69) is 18.7 Å². The zero-order chi connectivity index (χ0) is 25.3. The molecule has 35 heavy (non-hydrogen) atoms. The van der Waals surface area contributed by atoms with Gasteiger partial charge in [0.1, 0.15) is 17.5 Å². The van der Waals surface area contributed by atoms with E-state index in [-0.39, 0.29) is 17.6 Å². The smallest absolute Gasteiger partial charge is 0.229 e. The number of piperazine rings is 1. The summed E-state index contributed by atoms with van der Waals surface area (Å²) in [6.07, 6.45) is 2.01. The van der Waals surface area contributed by atoms with Gasteiger partial charge in [-0.2, -0.15) is 5.10 Å². The Kier molecular flexibility index (Phi) is 7.31. The Hall–Kier alpha value is -2.74. The number of nitrogens with zero attached hydrogens (tertiary/aromatic N) is 6. The molecular formula is C26H34ClFN6O. The largest absolute Gasteiger partial charge is 0.352 e. The number of benzene rings is 1. The van der Waals surface area contributed by atoms with Crippen molar-refractivity contribution in [2.24, 2.45) is 5.41 Å². The van der Waals surface area contributed by atoms with Crippen LogP contribution in [0.3, 0.4) is 0 Å². The Bertz CT molecular complexity index is 1200. The predicted octanol–water partition coefficient (Wildman–Crippen LogP) is 5.08. The van der Waals surface area contributed by atoms with Crippen molar-refractivity contribution in [3.63, 3.8) is 0 Å². The van der Waals surface area contributed by atoms with Gasteiger partial charge < -0.3 is 9.80 Å². The number of carbonyl (C=O) groups is 1. The van der Waals surface area contributed by atoms with E-state index in [1.54, 1.807) is 16.8 Å². The normalized spacial score (nSPS) is 15.6. The number of hydrogen-bond donors (Lipinski definition) is 0. The zero-order valence-electron chi connectivity index (χ0n) is 21.2. The quantitative estimate of drug-likeness (QED) is 0.423. The monoisotopic (exact) mass is 500 g/mol. The molecule has 188 valence electrons. The lowest BCUT2D eigenvalue weighted by molar-refractivity contribution is -0.139. The average Bonchev–Trinajstić information content (AvgIpc) is 3.20. The van der Waals surface area contributed by atoms with Crippen LogP contribution in [0.1, 0.15) is 58.0 Å². The molecule has 9 heteroatoms. The number of fused-ring (bicyclic) bond motifs is 1. The van der Waals surface area contributed by atoms with Gasteiger partial charge in [0, 0.05) is 38.0 Å². The van der Waals surface area contributed by atoms with Crippen molar-refractivity contribution < 1.29 is 9.18 Å². The van der Waals surface area contributed by atoms with E-state index >= 15 is 0 Å². The lowest BCUT2D eigenvalue weighted by Gasteiger charge is -2.38. The predicted molar refractivity (Wildman–Crippen MR) is 138 cm³/mol. The van der Waals surface area contributed by atoms with Gasteiger partial charge in [0.2, 0.25) is 5.91 Å². The topological polar surface area (TPSA) is 67.2 Å². The third kappa shape index (κ3) is 4.99. The van der Waals surface area contributed by atoms with E-state index in [4.69, 9.17) is 26.7 Å². The molecule has 3 aromatic rings. The van der Waals surface area contributed by atoms with Crippen LogP contribution in [0.15, 0.2) is 24.3 Å². The number of aromatic nitrogens is 4. The first kappa shape index (κ1) is 25.4. The maximum atomic E-state index is 13.6. The number of anilines is 1. The van der Waals surface area contributed by atoms with Crippen LogP contribution in [0.4, 0.5) is 10.2 Å². The molecule has 0 bridgehead atoms. The minimum Gasteiger partial charge on any atom is -0.352 e. The third-order valence-corrected chi connectivity index (χ3v) is 7.38. The lowest BCUT2D eigenvalue weighted by Crippen LogP contribution is -2.52. The Morgan fingerprint density at radius 2 is 1.80 bits per heavy atom. The van der Waals surface area contributed by atoms with Gasteiger partial charge in [-0.25, -0.2) is 19.0 Å². The van der Waals surface area contributed by atoms with Gasteiger partial charge in [-0.05, 0) is 51.5 Å². The fourth-order valence-electron chi connectivity index (χ4n) is 4.56. The fraction of sp³-hybridized carbons (Fsp3) is 0.538. The molecule has 7 nitrogen and oxygen atoms in total. The maximum Gasteiger partial charge on any atom is 0.229 e. The molecule has 1 fully saturated rings. The molecule has 1 amide bonds. The summed E-state index contributed by atoms with van der Waals surface area (Å²) >= 11 is 6.04. The molecule has 1 aliphatic heterocycles. The first-order valence-electron chi connectivity index (χ1n) is 12.3. The van der Waals surface area contributed by atoms with Crippen molar-refractivity contribution in [3.05, 3.63) is 41.6 Å². The molecule has 1 aromatic carbocycles. The number of halogens is 2. The molecule has 1 atom stereocenters. The second kappa shape index (κ2) is 10.1. The van der Waals surface area contributed by atoms with E-state index in [0.717, 1.165) is 46.9 Å². The Morgan fingerprint density at radius 1 is 1.14 bits per heavy atom. The molecule has 4 rings (SSSR count). The van der Waals surface area contributed by atoms with E-state index in [0.29, 0.717) is 32.1 Å². The van der Waals surface area contributed by atoms with Gasteiger partial charge in [0.05, 0.1) is 22.2 Å². The highest BCUT2D eigenvalue weighted by atomic mass is 35.5. The third-order valence-electron chi connectivity index (χ3n) is 6.71. The van der Waals surface area contributed by atoms with Crippen LogP contribution < -0.4 is 4.90 Å². The van der Waals surface area contributed by atoms with E-state index < -0.39 is 5.41 Å². The minimum absolute atomic E-state index is 0.0811. The first-order chi connectivity index (χ1) is 16.7. The van der Waals surface area contributed by atoms with Gasteiger partial charge in [-0.15, -0.1) is 11.6 Å². The summed E-state index contributed by atoms with van der Waals surface area (Å²) in [5.41, 5.74) is 1.71. The molecular weight excluding hydrogens is 467 g/mol. The molecule has 0 spiro atoms. The Morgan fingerprint density at radius 3 is 2.40 bits per heavy atom. The highest BCUT2D eigenvalue weighted by Gasteiger charge is 2.34. The molecule has 2 aromatic heterocycles. The van der Waals surface area contributed by atoms with Gasteiger partial charge in [-0.3, -0.25) is 4.79 Å². The first-order valence-corrected chi connectivity index (χ1v) is 12.8. The summed E-state index contributed by atoms with van der Waals surface area (Å²) in [7, 11) is 0. The number of carbonyl (C=O) groups excluding carboxylic acids is 1. The standard InChI is InChI=1S/C26H34ClFN6O/c1-6-7-17(2)22-29-23(32-12-14-33(15-13-32)25(35)26(4,5)16-27)21-18(3)31-34(24(21)30-22)20-10-8-19(28)9-11-20/h8-11,17H,6-7,12-16H2,1-5H3/t17-/m0/s1. The molecule has 1 aliphatic rings.